The molecule has 3 aromatic carbocycles. The summed E-state index contributed by atoms with van der Waals surface area (Å²) in [4.78, 5) is 123. The van der Waals surface area contributed by atoms with Crippen molar-refractivity contribution in [2.45, 2.75) is 56.6 Å². The second-order valence-corrected chi connectivity index (χ2v) is 29.1. The van der Waals surface area contributed by atoms with Gasteiger partial charge in [-0.2, -0.15) is 0 Å². The molecule has 3 rings (SSSR count). The number of nitrogens with zero attached hydrogens (tertiary/aromatic N) is 3. The highest BCUT2D eigenvalue weighted by Gasteiger charge is 2.37. The molecule has 0 saturated carbocycles. The van der Waals surface area contributed by atoms with Crippen LogP contribution in [0.3, 0.4) is 0 Å². The van der Waals surface area contributed by atoms with Crippen molar-refractivity contribution in [3.8, 4) is 0 Å². The lowest BCUT2D eigenvalue weighted by Crippen LogP contribution is -2.45. The maximum Gasteiger partial charge on any atom is 0.253 e. The average molecular weight is 2330 g/mol. The molecule has 0 radical (unpaired) electrons. The van der Waals surface area contributed by atoms with Crippen LogP contribution >= 0.6 is 203 Å². The summed E-state index contributed by atoms with van der Waals surface area (Å²) in [5.74, 6) is -6.56. The maximum absolute atomic E-state index is 13.6. The number of aliphatic hydroxyl groups excluding tert-OH is 14. The first-order chi connectivity index (χ1) is 43.5. The van der Waals surface area contributed by atoms with Crippen molar-refractivity contribution < 1.29 is 115 Å². The number of amides is 9. The highest BCUT2D eigenvalue weighted by Crippen LogP contribution is 2.41. The molecule has 20 N–H and O–H groups in total. The van der Waals surface area contributed by atoms with E-state index < -0.39 is 155 Å². The van der Waals surface area contributed by atoms with E-state index in [0.717, 1.165) is 28.5 Å². The number of rotatable bonds is 32. The van der Waals surface area contributed by atoms with Crippen LogP contribution in [0, 0.1) is 32.1 Å². The standard InChI is InChI=1S/C35H44I6N6O15.C17H22I3N3O8/c1-13(52)46(30-26(38)20(32(59)42-3-15(54)9-48)24(36)21(27(30)39)33(60)43-4-16(55)10-49)7-19(58)8-47(14(2)53)31-28(40)22(34(61)44-5-17(56)11-50)25(37)23(29(31)41)35(62)45-6-18(57)12-51;1-23(9(29)6-26)15-13(19)10(16(30)21-2-7(27)4-24)12(18)11(14(15)20)17(31)22-3-8(28)5-25/h15-19,48-51,54-58H,3-12H2,1-2H3,(H,42,59)(H,43,60)(H,44,61)(H,45,62);7-8,24-28H,2-6H2,1H3,(H,21,30)(H,22,31). The van der Waals surface area contributed by atoms with Crippen LogP contribution in [0.15, 0.2) is 0 Å². The number of nitrogens with one attached hydrogen (secondary N) is 6. The van der Waals surface area contributed by atoms with Gasteiger partial charge in [0, 0.05) is 70.9 Å². The van der Waals surface area contributed by atoms with E-state index in [1.807, 2.05) is 67.8 Å². The summed E-state index contributed by atoms with van der Waals surface area (Å²) in [5.41, 5.74) is -0.168. The number of likely N-dealkylation sites (N-methyl/N-ethyl adjacent to an activating group) is 1. The van der Waals surface area contributed by atoms with Crippen molar-refractivity contribution in [1.82, 2.24) is 31.9 Å². The van der Waals surface area contributed by atoms with Crippen LogP contribution in [-0.2, 0) is 14.4 Å². The molecule has 0 spiro atoms. The molecule has 0 aliphatic rings. The predicted molar refractivity (Wildman–Crippen MR) is 409 cm³/mol. The van der Waals surface area contributed by atoms with Gasteiger partial charge < -0.3 is 118 Å². The summed E-state index contributed by atoms with van der Waals surface area (Å²) in [7, 11) is 1.39. The fourth-order valence-corrected chi connectivity index (χ4v) is 21.9. The molecule has 0 saturated heterocycles. The van der Waals surface area contributed by atoms with Gasteiger partial charge in [0.15, 0.2) is 0 Å². The number of hydrogen-bond acceptors (Lipinski definition) is 23. The maximum atomic E-state index is 13.6. The molecule has 9 amide bonds. The Morgan fingerprint density at radius 1 is 0.323 bits per heavy atom. The largest absolute Gasteiger partial charge is 0.394 e. The fourth-order valence-electron chi connectivity index (χ4n) is 7.56. The Hall–Kier alpha value is -1.10. The lowest BCUT2D eigenvalue weighted by atomic mass is 10.1. The van der Waals surface area contributed by atoms with Gasteiger partial charge in [0.05, 0.1) is 167 Å². The van der Waals surface area contributed by atoms with E-state index in [2.05, 4.69) is 31.9 Å². The minimum Gasteiger partial charge on any atom is -0.394 e. The highest BCUT2D eigenvalue weighted by molar-refractivity contribution is 14.1. The molecule has 0 heterocycles. The SMILES string of the molecule is CC(=O)N(CC(O)CN(C(C)=O)c1c(I)c(C(=O)NCC(O)CO)c(I)c(C(=O)NCC(O)CO)c1I)c1c(I)c(C(=O)NCC(O)CO)c(I)c(C(=O)NCC(O)CO)c1I.CN(C(=O)CO)c1c(I)c(C(=O)NCC(O)CO)c(I)c(C(=O)NCC(O)CO)c1I. The van der Waals surface area contributed by atoms with Crippen LogP contribution in [0.25, 0.3) is 0 Å². The van der Waals surface area contributed by atoms with Crippen molar-refractivity contribution in [2.24, 2.45) is 0 Å². The highest BCUT2D eigenvalue weighted by atomic mass is 127. The third-order valence-corrected chi connectivity index (χ3v) is 22.0. The van der Waals surface area contributed by atoms with Crippen molar-refractivity contribution in [1.29, 1.82) is 0 Å². The number of anilines is 3. The summed E-state index contributed by atoms with van der Waals surface area (Å²) in [5, 5.41) is 150. The molecule has 0 bridgehead atoms. The number of benzene rings is 3. The first kappa shape index (κ1) is 88.0. The van der Waals surface area contributed by atoms with Gasteiger partial charge in [-0.15, -0.1) is 0 Å². The summed E-state index contributed by atoms with van der Waals surface area (Å²) >= 11 is 16.2. The first-order valence-electron chi connectivity index (χ1n) is 26.7. The van der Waals surface area contributed by atoms with Crippen LogP contribution in [0.4, 0.5) is 17.1 Å². The van der Waals surface area contributed by atoms with E-state index in [9.17, 15) is 104 Å². The van der Waals surface area contributed by atoms with Gasteiger partial charge in [0.25, 0.3) is 41.4 Å². The summed E-state index contributed by atoms with van der Waals surface area (Å²) in [6, 6.07) is 0. The summed E-state index contributed by atoms with van der Waals surface area (Å²) in [6.45, 7) is -5.46. The molecule has 0 aliphatic heterocycles. The third kappa shape index (κ3) is 24.6. The molecule has 0 aliphatic carbocycles. The van der Waals surface area contributed by atoms with Crippen LogP contribution < -0.4 is 46.6 Å². The van der Waals surface area contributed by atoms with E-state index >= 15 is 0 Å². The Balaban J connectivity index is 0.000000793. The topological polar surface area (TPSA) is 519 Å². The Morgan fingerprint density at radius 3 is 0.667 bits per heavy atom. The Morgan fingerprint density at radius 2 is 0.505 bits per heavy atom. The fraction of sp³-hybridized carbons (Fsp3) is 0.481. The van der Waals surface area contributed by atoms with Gasteiger partial charge >= 0.3 is 0 Å². The van der Waals surface area contributed by atoms with Crippen LogP contribution in [0.5, 0.6) is 0 Å². The van der Waals surface area contributed by atoms with E-state index in [0.29, 0.717) is 7.14 Å². The summed E-state index contributed by atoms with van der Waals surface area (Å²) in [6.07, 6.45) is -9.30. The number of carbonyl (C=O) groups is 9. The quantitative estimate of drug-likeness (QED) is 0.0278. The zero-order chi connectivity index (χ0) is 71.2. The third-order valence-electron chi connectivity index (χ3n) is 12.4. The average Bonchev–Trinajstić information content (AvgIpc) is 0.779. The van der Waals surface area contributed by atoms with Gasteiger partial charge in [-0.3, -0.25) is 43.2 Å². The Kier molecular flexibility index (Phi) is 40.6. The smallest absolute Gasteiger partial charge is 0.253 e. The zero-order valence-corrected chi connectivity index (χ0v) is 68.2. The molecule has 0 aromatic heterocycles. The van der Waals surface area contributed by atoms with Crippen molar-refractivity contribution in [2.75, 3.05) is 120 Å². The van der Waals surface area contributed by atoms with Gasteiger partial charge in [0.2, 0.25) is 11.8 Å². The minimum absolute atomic E-state index is 0.0141. The van der Waals surface area contributed by atoms with Gasteiger partial charge in [-0.05, 0) is 203 Å². The van der Waals surface area contributed by atoms with Gasteiger partial charge in [0.1, 0.15) is 6.61 Å². The molecule has 6 atom stereocenters. The lowest BCUT2D eigenvalue weighted by molar-refractivity contribution is -0.121. The number of aliphatic hydroxyl groups is 14. The molecule has 6 unspecified atom stereocenters. The molecule has 0 fully saturated rings. The molecule has 41 heteroatoms. The second-order valence-electron chi connectivity index (χ2n) is 19.4. The Bertz CT molecular complexity index is 2920. The normalized spacial score (nSPS) is 13.4. The molecule has 32 nitrogen and oxygen atoms in total. The van der Waals surface area contributed by atoms with Crippen molar-refractivity contribution in [3.63, 3.8) is 0 Å². The van der Waals surface area contributed by atoms with E-state index in [1.54, 1.807) is 136 Å². The van der Waals surface area contributed by atoms with E-state index in [1.165, 1.54) is 7.05 Å². The monoisotopic (exact) mass is 2330 g/mol. The Labute approximate surface area is 653 Å². The van der Waals surface area contributed by atoms with E-state index in [4.69, 9.17) is 10.2 Å². The summed E-state index contributed by atoms with van der Waals surface area (Å²) < 4.78 is 1.60. The van der Waals surface area contributed by atoms with Crippen molar-refractivity contribution in [3.05, 3.63) is 65.5 Å². The molecule has 3 aromatic rings. The van der Waals surface area contributed by atoms with Gasteiger partial charge in [-0.1, -0.05) is 0 Å². The van der Waals surface area contributed by atoms with Crippen molar-refractivity contribution >= 4 is 274 Å². The number of carbonyl (C=O) groups excluding carboxylic acids is 9. The minimum atomic E-state index is -1.62. The zero-order valence-electron chi connectivity index (χ0n) is 48.8. The number of hydrogen-bond donors (Lipinski definition) is 20. The number of halogens is 9. The lowest BCUT2D eigenvalue weighted by Gasteiger charge is -2.32. The molecule has 520 valence electrons. The van der Waals surface area contributed by atoms with Crippen LogP contribution in [-0.4, -0.2) is 273 Å². The molecular formula is C52H66I9N9O23. The second kappa shape index (κ2) is 42.9. The van der Waals surface area contributed by atoms with E-state index in [-0.39, 0.29) is 115 Å². The van der Waals surface area contributed by atoms with Gasteiger partial charge in [-0.25, -0.2) is 0 Å². The molecular weight excluding hydrogens is 2260 g/mol. The van der Waals surface area contributed by atoms with Crippen LogP contribution in [0.2, 0.25) is 0 Å². The molecule has 93 heavy (non-hydrogen) atoms. The first-order valence-corrected chi connectivity index (χ1v) is 36.4. The van der Waals surface area contributed by atoms with Crippen LogP contribution in [0.1, 0.15) is 76.0 Å². The predicted octanol–water partition coefficient (Wildman–Crippen LogP) is -2.97.